The second kappa shape index (κ2) is 7.03. The molecule has 2 rings (SSSR count). The van der Waals surface area contributed by atoms with Gasteiger partial charge in [-0.15, -0.1) is 11.3 Å². The Morgan fingerprint density at radius 3 is 3.05 bits per heavy atom. The molecule has 1 aliphatic heterocycles. The third-order valence-electron chi connectivity index (χ3n) is 3.21. The Morgan fingerprint density at radius 1 is 1.53 bits per heavy atom. The summed E-state index contributed by atoms with van der Waals surface area (Å²) in [6.07, 6.45) is 1.10. The molecule has 0 aliphatic carbocycles. The molecule has 1 fully saturated rings. The van der Waals surface area contributed by atoms with E-state index in [1.54, 1.807) is 11.3 Å². The van der Waals surface area contributed by atoms with E-state index in [0.717, 1.165) is 13.0 Å². The molecule has 1 aromatic rings. The number of carbonyl (C=O) groups excluding carboxylic acids is 1. The first-order valence-electron chi connectivity index (χ1n) is 6.82. The first-order valence-corrected chi connectivity index (χ1v) is 7.70. The van der Waals surface area contributed by atoms with Crippen molar-refractivity contribution >= 4 is 17.2 Å². The van der Waals surface area contributed by atoms with Gasteiger partial charge in [-0.05, 0) is 23.8 Å². The second-order valence-corrected chi connectivity index (χ2v) is 6.16. The largest absolute Gasteiger partial charge is 0.380 e. The Hall–Kier alpha value is -0.910. The Bertz CT molecular complexity index is 392. The molecule has 1 unspecified atom stereocenters. The number of amides is 1. The molecule has 2 heterocycles. The molecule has 1 N–H and O–H groups in total. The normalized spacial score (nSPS) is 19.6. The van der Waals surface area contributed by atoms with Crippen LogP contribution in [-0.2, 0) is 9.53 Å². The minimum Gasteiger partial charge on any atom is -0.380 e. The molecule has 0 aromatic carbocycles. The van der Waals surface area contributed by atoms with Crippen LogP contribution >= 0.6 is 11.3 Å². The molecule has 1 atom stereocenters. The predicted molar refractivity (Wildman–Crippen MR) is 77.0 cm³/mol. The molecular weight excluding hydrogens is 260 g/mol. The van der Waals surface area contributed by atoms with Gasteiger partial charge in [-0.3, -0.25) is 10.1 Å². The minimum absolute atomic E-state index is 0.0289. The maximum atomic E-state index is 11.9. The Morgan fingerprint density at radius 2 is 2.37 bits per heavy atom. The monoisotopic (exact) mass is 282 g/mol. The molecule has 19 heavy (non-hydrogen) atoms. The number of hydrogen-bond acceptors (Lipinski definition) is 4. The summed E-state index contributed by atoms with van der Waals surface area (Å²) in [6, 6.07) is 4.08. The molecule has 106 valence electrons. The van der Waals surface area contributed by atoms with Gasteiger partial charge in [0, 0.05) is 18.0 Å². The van der Waals surface area contributed by atoms with Crippen molar-refractivity contribution in [3.05, 3.63) is 22.4 Å². The lowest BCUT2D eigenvalue weighted by molar-refractivity contribution is -0.128. The van der Waals surface area contributed by atoms with Gasteiger partial charge < -0.3 is 9.64 Å². The van der Waals surface area contributed by atoms with Crippen LogP contribution in [0.4, 0.5) is 0 Å². The highest BCUT2D eigenvalue weighted by molar-refractivity contribution is 7.10. The van der Waals surface area contributed by atoms with Crippen LogP contribution in [0, 0.1) is 5.92 Å². The summed E-state index contributed by atoms with van der Waals surface area (Å²) in [5.74, 6) is 0.819. The molecule has 5 heteroatoms. The van der Waals surface area contributed by atoms with Crippen LogP contribution in [0.15, 0.2) is 17.5 Å². The average molecular weight is 282 g/mol. The van der Waals surface area contributed by atoms with Gasteiger partial charge in [0.2, 0.25) is 5.91 Å². The second-order valence-electron chi connectivity index (χ2n) is 5.18. The molecular formula is C14H22N2O2S. The van der Waals surface area contributed by atoms with Gasteiger partial charge in [-0.2, -0.15) is 0 Å². The van der Waals surface area contributed by atoms with Crippen molar-refractivity contribution in [2.24, 2.45) is 5.92 Å². The molecule has 1 aliphatic rings. The summed E-state index contributed by atoms with van der Waals surface area (Å²) in [4.78, 5) is 14.9. The summed E-state index contributed by atoms with van der Waals surface area (Å²) < 4.78 is 5.60. The predicted octanol–water partition coefficient (Wildman–Crippen LogP) is 2.24. The van der Waals surface area contributed by atoms with Gasteiger partial charge in [0.25, 0.3) is 0 Å². The zero-order valence-corrected chi connectivity index (χ0v) is 12.4. The number of nitrogens with one attached hydrogen (secondary N) is 1. The summed E-state index contributed by atoms with van der Waals surface area (Å²) >= 11 is 1.68. The van der Waals surface area contributed by atoms with Crippen LogP contribution in [-0.4, -0.2) is 37.1 Å². The van der Waals surface area contributed by atoms with E-state index in [-0.39, 0.29) is 12.1 Å². The summed E-state index contributed by atoms with van der Waals surface area (Å²) in [5, 5.41) is 5.29. The summed E-state index contributed by atoms with van der Waals surface area (Å²) in [5.41, 5.74) is 0. The third kappa shape index (κ3) is 4.03. The zero-order valence-electron chi connectivity index (χ0n) is 11.6. The fourth-order valence-corrected chi connectivity index (χ4v) is 2.89. The lowest BCUT2D eigenvalue weighted by Gasteiger charge is -2.23. The lowest BCUT2D eigenvalue weighted by Crippen LogP contribution is -2.33. The van der Waals surface area contributed by atoms with E-state index >= 15 is 0 Å². The highest BCUT2D eigenvalue weighted by Crippen LogP contribution is 2.25. The molecule has 4 nitrogen and oxygen atoms in total. The van der Waals surface area contributed by atoms with Crippen LogP contribution in [0.3, 0.4) is 0 Å². The fourth-order valence-electron chi connectivity index (χ4n) is 2.08. The van der Waals surface area contributed by atoms with E-state index in [9.17, 15) is 4.79 Å². The van der Waals surface area contributed by atoms with Crippen molar-refractivity contribution in [3.63, 3.8) is 0 Å². The Kier molecular flexibility index (Phi) is 5.36. The highest BCUT2D eigenvalue weighted by atomic mass is 32.1. The highest BCUT2D eigenvalue weighted by Gasteiger charge is 2.31. The van der Waals surface area contributed by atoms with E-state index in [1.165, 1.54) is 4.88 Å². The van der Waals surface area contributed by atoms with E-state index in [4.69, 9.17) is 4.74 Å². The van der Waals surface area contributed by atoms with Crippen LogP contribution in [0.2, 0.25) is 0 Å². The van der Waals surface area contributed by atoms with Crippen molar-refractivity contribution < 1.29 is 9.53 Å². The maximum absolute atomic E-state index is 11.9. The number of rotatable bonds is 7. The molecule has 1 aromatic heterocycles. The summed E-state index contributed by atoms with van der Waals surface area (Å²) in [7, 11) is 0. The van der Waals surface area contributed by atoms with Gasteiger partial charge in [0.05, 0.1) is 13.2 Å². The topological polar surface area (TPSA) is 41.6 Å². The van der Waals surface area contributed by atoms with E-state index in [2.05, 4.69) is 25.2 Å². The maximum Gasteiger partial charge on any atom is 0.238 e. The van der Waals surface area contributed by atoms with Gasteiger partial charge in [0.1, 0.15) is 6.17 Å². The molecule has 1 amide bonds. The van der Waals surface area contributed by atoms with Gasteiger partial charge in [-0.25, -0.2) is 0 Å². The molecule has 1 saturated heterocycles. The van der Waals surface area contributed by atoms with E-state index < -0.39 is 0 Å². The van der Waals surface area contributed by atoms with Crippen molar-refractivity contribution in [1.29, 1.82) is 0 Å². The van der Waals surface area contributed by atoms with Crippen LogP contribution in [0.1, 0.15) is 31.3 Å². The Balaban J connectivity index is 1.78. The van der Waals surface area contributed by atoms with Crippen LogP contribution in [0.25, 0.3) is 0 Å². The van der Waals surface area contributed by atoms with Crippen LogP contribution in [0.5, 0.6) is 0 Å². The van der Waals surface area contributed by atoms with Crippen LogP contribution < -0.4 is 5.32 Å². The zero-order chi connectivity index (χ0) is 13.7. The van der Waals surface area contributed by atoms with Gasteiger partial charge in [0.15, 0.2) is 0 Å². The van der Waals surface area contributed by atoms with Gasteiger partial charge in [-0.1, -0.05) is 19.9 Å². The van der Waals surface area contributed by atoms with E-state index in [0.29, 0.717) is 25.6 Å². The van der Waals surface area contributed by atoms with Crippen molar-refractivity contribution in [2.75, 3.05) is 26.3 Å². The molecule has 0 saturated carbocycles. The van der Waals surface area contributed by atoms with Crippen molar-refractivity contribution in [2.45, 2.75) is 26.4 Å². The Labute approximate surface area is 118 Å². The third-order valence-corrected chi connectivity index (χ3v) is 4.13. The van der Waals surface area contributed by atoms with Crippen molar-refractivity contribution in [1.82, 2.24) is 10.2 Å². The fraction of sp³-hybridized carbons (Fsp3) is 0.643. The number of thiophene rings is 1. The minimum atomic E-state index is 0.0289. The lowest BCUT2D eigenvalue weighted by atomic mass is 10.1. The molecule has 0 bridgehead atoms. The quantitative estimate of drug-likeness (QED) is 0.780. The smallest absolute Gasteiger partial charge is 0.238 e. The number of carbonyl (C=O) groups is 1. The molecule has 0 spiro atoms. The van der Waals surface area contributed by atoms with Crippen molar-refractivity contribution in [3.8, 4) is 0 Å². The van der Waals surface area contributed by atoms with Gasteiger partial charge >= 0.3 is 0 Å². The SMILES string of the molecule is CC(C)CCOCCN1C(=O)CNC1c1cccs1. The standard InChI is InChI=1S/C14H22N2O2S/c1-11(2)5-7-18-8-6-16-13(17)10-15-14(16)12-4-3-9-19-12/h3-4,9,11,14-15H,5-8,10H2,1-2H3. The number of hydrogen-bond donors (Lipinski definition) is 1. The number of nitrogens with zero attached hydrogens (tertiary/aromatic N) is 1. The first-order chi connectivity index (χ1) is 9.18. The van der Waals surface area contributed by atoms with E-state index in [1.807, 2.05) is 16.3 Å². The summed E-state index contributed by atoms with van der Waals surface area (Å²) in [6.45, 7) is 6.84. The first kappa shape index (κ1) is 14.5. The average Bonchev–Trinajstić information content (AvgIpc) is 2.98. The number of ether oxygens (including phenoxy) is 1. The molecule has 0 radical (unpaired) electrons.